The minimum absolute atomic E-state index is 0.0406. The van der Waals surface area contributed by atoms with E-state index in [1.165, 1.54) is 28.6 Å². The maximum Gasteiger partial charge on any atom is 0.243 e. The Morgan fingerprint density at radius 1 is 0.867 bits per heavy atom. The molecule has 5 nitrogen and oxygen atoms in total. The third-order valence-electron chi connectivity index (χ3n) is 6.19. The summed E-state index contributed by atoms with van der Waals surface area (Å²) in [5.74, 6) is -0.913. The molecule has 2 fully saturated rings. The smallest absolute Gasteiger partial charge is 0.243 e. The topological polar surface area (TPSA) is 57.7 Å². The molecule has 0 N–H and O–H groups in total. The van der Waals surface area contributed by atoms with Crippen LogP contribution in [0.3, 0.4) is 0 Å². The van der Waals surface area contributed by atoms with E-state index in [9.17, 15) is 22.0 Å². The fraction of sp³-hybridized carbons (Fsp3) is 0.409. The Balaban J connectivity index is 1.51. The summed E-state index contributed by atoms with van der Waals surface area (Å²) < 4.78 is 54.1. The first kappa shape index (κ1) is 20.9. The lowest BCUT2D eigenvalue weighted by Gasteiger charge is -2.44. The van der Waals surface area contributed by atoms with Crippen molar-refractivity contribution < 1.29 is 22.0 Å². The van der Waals surface area contributed by atoms with Gasteiger partial charge < -0.3 is 4.90 Å². The van der Waals surface area contributed by atoms with Crippen LogP contribution in [0.4, 0.5) is 8.78 Å². The van der Waals surface area contributed by atoms with Crippen LogP contribution in [-0.2, 0) is 20.2 Å². The number of halogens is 2. The van der Waals surface area contributed by atoms with Gasteiger partial charge in [-0.25, -0.2) is 17.2 Å². The van der Waals surface area contributed by atoms with Gasteiger partial charge >= 0.3 is 0 Å². The van der Waals surface area contributed by atoms with Gasteiger partial charge in [0.05, 0.1) is 10.3 Å². The van der Waals surface area contributed by atoms with Crippen molar-refractivity contribution in [3.8, 4) is 0 Å². The van der Waals surface area contributed by atoms with Gasteiger partial charge in [-0.15, -0.1) is 0 Å². The molecule has 0 unspecified atom stereocenters. The number of rotatable bonds is 4. The van der Waals surface area contributed by atoms with Crippen LogP contribution in [0.5, 0.6) is 0 Å². The van der Waals surface area contributed by atoms with Crippen molar-refractivity contribution in [3.05, 3.63) is 65.7 Å². The Morgan fingerprint density at radius 3 is 2.23 bits per heavy atom. The van der Waals surface area contributed by atoms with Crippen LogP contribution in [0, 0.1) is 11.6 Å². The number of amides is 1. The van der Waals surface area contributed by atoms with E-state index in [1.807, 2.05) is 0 Å². The molecule has 0 atom stereocenters. The van der Waals surface area contributed by atoms with Crippen molar-refractivity contribution in [3.63, 3.8) is 0 Å². The zero-order valence-corrected chi connectivity index (χ0v) is 17.4. The lowest BCUT2D eigenvalue weighted by Crippen LogP contribution is -2.52. The third-order valence-corrected chi connectivity index (χ3v) is 8.10. The van der Waals surface area contributed by atoms with E-state index < -0.39 is 21.3 Å². The van der Waals surface area contributed by atoms with E-state index in [4.69, 9.17) is 0 Å². The monoisotopic (exact) mass is 434 g/mol. The highest BCUT2D eigenvalue weighted by atomic mass is 32.2. The van der Waals surface area contributed by atoms with Gasteiger partial charge in [-0.1, -0.05) is 18.6 Å². The van der Waals surface area contributed by atoms with Crippen LogP contribution in [0.1, 0.15) is 31.2 Å². The van der Waals surface area contributed by atoms with Gasteiger partial charge in [-0.3, -0.25) is 4.79 Å². The number of benzene rings is 2. The molecule has 0 bridgehead atoms. The van der Waals surface area contributed by atoms with Crippen LogP contribution < -0.4 is 0 Å². The van der Waals surface area contributed by atoms with Crippen LogP contribution in [0.15, 0.2) is 53.4 Å². The van der Waals surface area contributed by atoms with Crippen molar-refractivity contribution in [2.75, 3.05) is 26.2 Å². The zero-order chi connectivity index (χ0) is 21.4. The summed E-state index contributed by atoms with van der Waals surface area (Å²) in [5, 5.41) is 0. The highest BCUT2D eigenvalue weighted by Crippen LogP contribution is 2.45. The standard InChI is InChI=1S/C22H24F2N2O3S/c23-18-6-8-20(9-7-18)30(28,29)26-13-3-12-25(14-15-26)21(27)22(10-2-11-22)17-4-1-5-19(24)16-17/h1,4-9,16H,2-3,10-15H2. The molecule has 1 saturated heterocycles. The van der Waals surface area contributed by atoms with Crippen LogP contribution in [0.25, 0.3) is 0 Å². The molecule has 2 aliphatic rings. The van der Waals surface area contributed by atoms with Gasteiger partial charge in [-0.05, 0) is 61.2 Å². The van der Waals surface area contributed by atoms with Gasteiger partial charge in [0.15, 0.2) is 0 Å². The number of nitrogens with zero attached hydrogens (tertiary/aromatic N) is 2. The Morgan fingerprint density at radius 2 is 1.60 bits per heavy atom. The highest BCUT2D eigenvalue weighted by Gasteiger charge is 2.48. The number of carbonyl (C=O) groups is 1. The van der Waals surface area contributed by atoms with Crippen LogP contribution in [0.2, 0.25) is 0 Å². The quantitative estimate of drug-likeness (QED) is 0.742. The largest absolute Gasteiger partial charge is 0.341 e. The lowest BCUT2D eigenvalue weighted by atomic mass is 9.63. The maximum absolute atomic E-state index is 13.8. The van der Waals surface area contributed by atoms with Gasteiger partial charge in [0.1, 0.15) is 11.6 Å². The number of hydrogen-bond acceptors (Lipinski definition) is 3. The molecule has 2 aromatic carbocycles. The molecule has 0 spiro atoms. The predicted molar refractivity (Wildman–Crippen MR) is 108 cm³/mol. The van der Waals surface area contributed by atoms with Crippen molar-refractivity contribution in [1.29, 1.82) is 0 Å². The average molecular weight is 435 g/mol. The molecule has 1 aliphatic carbocycles. The Bertz CT molecular complexity index is 1040. The summed E-state index contributed by atoms with van der Waals surface area (Å²) in [6.45, 7) is 1.18. The van der Waals surface area contributed by atoms with E-state index in [-0.39, 0.29) is 36.3 Å². The van der Waals surface area contributed by atoms with E-state index in [0.717, 1.165) is 18.6 Å². The fourth-order valence-corrected chi connectivity index (χ4v) is 5.81. The Kier molecular flexibility index (Phi) is 5.63. The predicted octanol–water partition coefficient (Wildman–Crippen LogP) is 3.31. The molecule has 1 aliphatic heterocycles. The van der Waals surface area contributed by atoms with Crippen molar-refractivity contribution in [1.82, 2.24) is 9.21 Å². The first-order valence-electron chi connectivity index (χ1n) is 10.1. The number of hydrogen-bond donors (Lipinski definition) is 0. The summed E-state index contributed by atoms with van der Waals surface area (Å²) >= 11 is 0. The summed E-state index contributed by atoms with van der Waals surface area (Å²) in [5.41, 5.74) is -0.0219. The first-order chi connectivity index (χ1) is 14.3. The zero-order valence-electron chi connectivity index (χ0n) is 16.6. The second-order valence-electron chi connectivity index (χ2n) is 7.95. The molecular formula is C22H24F2N2O3S. The first-order valence-corrected chi connectivity index (χ1v) is 11.6. The molecule has 1 heterocycles. The summed E-state index contributed by atoms with van der Waals surface area (Å²) in [6, 6.07) is 11.0. The molecule has 2 aromatic rings. The molecule has 160 valence electrons. The van der Waals surface area contributed by atoms with E-state index in [1.54, 1.807) is 17.0 Å². The Labute approximate surface area is 175 Å². The second-order valence-corrected chi connectivity index (χ2v) is 9.89. The third kappa shape index (κ3) is 3.74. The summed E-state index contributed by atoms with van der Waals surface area (Å²) in [6.07, 6.45) is 2.75. The van der Waals surface area contributed by atoms with Crippen molar-refractivity contribution in [2.45, 2.75) is 36.0 Å². The number of sulfonamides is 1. The molecule has 1 amide bonds. The SMILES string of the molecule is O=C(N1CCCN(S(=O)(=O)c2ccc(F)cc2)CC1)C1(c2cccc(F)c2)CCC1. The van der Waals surface area contributed by atoms with Crippen molar-refractivity contribution in [2.24, 2.45) is 0 Å². The fourth-order valence-electron chi connectivity index (χ4n) is 4.34. The van der Waals surface area contributed by atoms with Gasteiger partial charge in [0.2, 0.25) is 15.9 Å². The maximum atomic E-state index is 13.8. The Hall–Kier alpha value is -2.32. The molecule has 30 heavy (non-hydrogen) atoms. The van der Waals surface area contributed by atoms with Crippen LogP contribution in [-0.4, -0.2) is 49.7 Å². The molecule has 8 heteroatoms. The van der Waals surface area contributed by atoms with E-state index in [0.29, 0.717) is 31.4 Å². The van der Waals surface area contributed by atoms with E-state index >= 15 is 0 Å². The molecule has 0 aromatic heterocycles. The molecule has 4 rings (SSSR count). The minimum atomic E-state index is -3.76. The summed E-state index contributed by atoms with van der Waals surface area (Å²) in [7, 11) is -3.76. The highest BCUT2D eigenvalue weighted by molar-refractivity contribution is 7.89. The molecule has 1 saturated carbocycles. The van der Waals surface area contributed by atoms with Gasteiger partial charge in [0, 0.05) is 26.2 Å². The normalized spacial score (nSPS) is 19.7. The van der Waals surface area contributed by atoms with E-state index in [2.05, 4.69) is 0 Å². The number of carbonyl (C=O) groups excluding carboxylic acids is 1. The average Bonchev–Trinajstić information content (AvgIpc) is 2.94. The second kappa shape index (κ2) is 8.07. The molecule has 0 radical (unpaired) electrons. The van der Waals surface area contributed by atoms with Gasteiger partial charge in [-0.2, -0.15) is 4.31 Å². The summed E-state index contributed by atoms with van der Waals surface area (Å²) in [4.78, 5) is 15.2. The molecular weight excluding hydrogens is 410 g/mol. The lowest BCUT2D eigenvalue weighted by molar-refractivity contribution is -0.140. The van der Waals surface area contributed by atoms with Gasteiger partial charge in [0.25, 0.3) is 0 Å². The minimum Gasteiger partial charge on any atom is -0.341 e. The van der Waals surface area contributed by atoms with Crippen LogP contribution >= 0.6 is 0 Å². The van der Waals surface area contributed by atoms with Crippen molar-refractivity contribution >= 4 is 15.9 Å².